The summed E-state index contributed by atoms with van der Waals surface area (Å²) in [5, 5.41) is 21.0. The lowest BCUT2D eigenvalue weighted by molar-refractivity contribution is -0.116. The normalized spacial score (nSPS) is 19.6. The van der Waals surface area contributed by atoms with Crippen molar-refractivity contribution in [2.45, 2.75) is 32.1 Å². The number of aliphatic hydroxyl groups is 1. The van der Waals surface area contributed by atoms with Crippen LogP contribution in [0.25, 0.3) is 5.76 Å². The van der Waals surface area contributed by atoms with Crippen LogP contribution in [-0.2, 0) is 4.79 Å². The molecule has 0 amide bonds. The summed E-state index contributed by atoms with van der Waals surface area (Å²) in [4.78, 5) is 15.3. The summed E-state index contributed by atoms with van der Waals surface area (Å²) in [6.45, 7) is 1.99. The Morgan fingerprint density at radius 1 is 0.971 bits per heavy atom. The molecule has 1 unspecified atom stereocenters. The molecule has 1 atom stereocenters. The zero-order chi connectivity index (χ0) is 24.7. The van der Waals surface area contributed by atoms with E-state index in [1.807, 2.05) is 84.6 Å². The summed E-state index contributed by atoms with van der Waals surface area (Å²) in [5.74, 6) is -0.251. The first-order valence-corrected chi connectivity index (χ1v) is 13.1. The molecule has 3 aromatic rings. The van der Waals surface area contributed by atoms with E-state index in [4.69, 9.17) is 0 Å². The number of nitrogens with zero attached hydrogens (tertiary/aromatic N) is 1. The Balaban J connectivity index is 1.82. The van der Waals surface area contributed by atoms with Crippen molar-refractivity contribution in [1.82, 2.24) is 0 Å². The highest BCUT2D eigenvalue weighted by atomic mass is 79.9. The molecule has 1 aliphatic heterocycles. The molecule has 0 saturated heterocycles. The van der Waals surface area contributed by atoms with Crippen LogP contribution in [0.1, 0.15) is 41.9 Å². The number of carbonyl (C=O) groups is 1. The fourth-order valence-electron chi connectivity index (χ4n) is 4.95. The molecule has 0 fully saturated rings. The van der Waals surface area contributed by atoms with Crippen LogP contribution in [0.3, 0.4) is 0 Å². The van der Waals surface area contributed by atoms with Crippen molar-refractivity contribution < 1.29 is 9.90 Å². The Morgan fingerprint density at radius 3 is 2.37 bits per heavy atom. The van der Waals surface area contributed by atoms with Gasteiger partial charge in [-0.2, -0.15) is 0 Å². The molecule has 0 bridgehead atoms. The average molecular weight is 592 g/mol. The van der Waals surface area contributed by atoms with E-state index in [-0.39, 0.29) is 17.4 Å². The average Bonchev–Trinajstić information content (AvgIpc) is 2.84. The maximum atomic E-state index is 13.5. The van der Waals surface area contributed by atoms with Gasteiger partial charge in [-0.15, -0.1) is 0 Å². The maximum Gasteiger partial charge on any atom is 0.161 e. The lowest BCUT2D eigenvalue weighted by Crippen LogP contribution is -2.42. The van der Waals surface area contributed by atoms with Gasteiger partial charge < -0.3 is 5.11 Å². The van der Waals surface area contributed by atoms with Crippen LogP contribution in [0.15, 0.2) is 98.6 Å². The van der Waals surface area contributed by atoms with E-state index < -0.39 is 5.92 Å². The third-order valence-electron chi connectivity index (χ3n) is 6.60. The summed E-state index contributed by atoms with van der Waals surface area (Å²) < 4.78 is 1.82. The van der Waals surface area contributed by atoms with Gasteiger partial charge in [0.25, 0.3) is 0 Å². The van der Waals surface area contributed by atoms with Crippen molar-refractivity contribution in [2.75, 3.05) is 4.90 Å². The largest absolute Gasteiger partial charge is 0.507 e. The van der Waals surface area contributed by atoms with Crippen molar-refractivity contribution >= 4 is 54.9 Å². The number of hydrogen-bond donors (Lipinski definition) is 2. The van der Waals surface area contributed by atoms with E-state index in [1.54, 1.807) is 0 Å². The zero-order valence-corrected chi connectivity index (χ0v) is 22.4. The number of Topliss-reactive ketones (excluding diaryl/α,β-unsaturated/α-hetero) is 1. The summed E-state index contributed by atoms with van der Waals surface area (Å²) in [6.07, 6.45) is 1.90. The van der Waals surface area contributed by atoms with Gasteiger partial charge in [0.15, 0.2) is 5.78 Å². The molecule has 3 aromatic carbocycles. The van der Waals surface area contributed by atoms with Crippen LogP contribution in [-0.4, -0.2) is 16.7 Å². The molecule has 2 aliphatic rings. The molecule has 5 rings (SSSR count). The summed E-state index contributed by atoms with van der Waals surface area (Å²) in [5.41, 5.74) is 5.32. The van der Waals surface area contributed by atoms with Gasteiger partial charge in [-0.1, -0.05) is 79.9 Å². The van der Waals surface area contributed by atoms with Crippen LogP contribution >= 0.6 is 31.9 Å². The zero-order valence-electron chi connectivity index (χ0n) is 19.2. The quantitative estimate of drug-likeness (QED) is 0.303. The van der Waals surface area contributed by atoms with E-state index in [9.17, 15) is 15.3 Å². The third kappa shape index (κ3) is 4.41. The van der Waals surface area contributed by atoms with Gasteiger partial charge in [0, 0.05) is 49.4 Å². The van der Waals surface area contributed by atoms with Crippen LogP contribution in [0, 0.1) is 12.3 Å². The minimum absolute atomic E-state index is 0.0211. The van der Waals surface area contributed by atoms with Gasteiger partial charge in [0.05, 0.1) is 0 Å². The number of aliphatic hydroxyl groups excluding tert-OH is 1. The first kappa shape index (κ1) is 23.8. The van der Waals surface area contributed by atoms with E-state index in [0.29, 0.717) is 29.6 Å². The summed E-state index contributed by atoms with van der Waals surface area (Å²) in [7, 11) is 0. The summed E-state index contributed by atoms with van der Waals surface area (Å²) >= 11 is 7.05. The first-order chi connectivity index (χ1) is 16.8. The van der Waals surface area contributed by atoms with Crippen LogP contribution in [0.5, 0.6) is 0 Å². The van der Waals surface area contributed by atoms with Crippen molar-refractivity contribution in [3.05, 3.63) is 115 Å². The number of amidine groups is 1. The Labute approximate surface area is 221 Å². The van der Waals surface area contributed by atoms with Gasteiger partial charge in [0.1, 0.15) is 11.6 Å². The predicted octanol–water partition coefficient (Wildman–Crippen LogP) is 8.08. The van der Waals surface area contributed by atoms with Crippen LogP contribution in [0.4, 0.5) is 5.69 Å². The highest BCUT2D eigenvalue weighted by Gasteiger charge is 2.43. The molecule has 0 radical (unpaired) electrons. The minimum Gasteiger partial charge on any atom is -0.507 e. The number of aryl methyl sites for hydroxylation is 1. The highest BCUT2D eigenvalue weighted by molar-refractivity contribution is 9.10. The fourth-order valence-corrected chi connectivity index (χ4v) is 5.60. The van der Waals surface area contributed by atoms with E-state index in [1.165, 1.54) is 0 Å². The number of anilines is 1. The molecule has 176 valence electrons. The molecule has 35 heavy (non-hydrogen) atoms. The lowest BCUT2D eigenvalue weighted by Gasteiger charge is -2.41. The predicted molar refractivity (Wildman–Crippen MR) is 148 cm³/mol. The number of rotatable bonds is 3. The SMILES string of the molecule is Cc1ccc(/C(O)=C2\C(=N)N(c3cccc(Br)c3)C3=C(C(=O)CCC3)C2c2ccc(Br)cc2)cc1. The minimum atomic E-state index is -0.525. The van der Waals surface area contributed by atoms with Crippen LogP contribution < -0.4 is 4.90 Å². The van der Waals surface area contributed by atoms with Crippen molar-refractivity contribution in [2.24, 2.45) is 0 Å². The van der Waals surface area contributed by atoms with E-state index in [2.05, 4.69) is 31.9 Å². The van der Waals surface area contributed by atoms with Crippen LogP contribution in [0.2, 0.25) is 0 Å². The Bertz CT molecular complexity index is 1390. The first-order valence-electron chi connectivity index (χ1n) is 11.5. The Kier molecular flexibility index (Phi) is 6.51. The maximum absolute atomic E-state index is 13.5. The van der Waals surface area contributed by atoms with Gasteiger partial charge in [-0.05, 0) is 55.7 Å². The van der Waals surface area contributed by atoms with E-state index in [0.717, 1.165) is 37.9 Å². The highest BCUT2D eigenvalue weighted by Crippen LogP contribution is 2.48. The van der Waals surface area contributed by atoms with Gasteiger partial charge >= 0.3 is 0 Å². The fraction of sp³-hybridized carbons (Fsp3) is 0.172. The number of halogens is 2. The topological polar surface area (TPSA) is 64.4 Å². The Morgan fingerprint density at radius 2 is 1.69 bits per heavy atom. The molecule has 0 spiro atoms. The second-order valence-corrected chi connectivity index (χ2v) is 10.7. The van der Waals surface area contributed by atoms with Crippen molar-refractivity contribution in [3.8, 4) is 0 Å². The van der Waals surface area contributed by atoms with Gasteiger partial charge in [-0.25, -0.2) is 0 Å². The molecule has 0 saturated carbocycles. The molecule has 2 N–H and O–H groups in total. The number of allylic oxidation sites excluding steroid dienone is 2. The standard InChI is InChI=1S/C29H24Br2N2O2/c1-17-8-10-19(11-9-17)28(35)27-25(18-12-14-20(30)15-13-18)26-23(6-3-7-24(26)34)33(29(27)32)22-5-2-4-21(31)16-22/h2,4-5,8-16,25,32,35H,3,6-7H2,1H3/b28-27+,32-29?. The number of carbonyl (C=O) groups excluding carboxylic acids is 1. The molecular weight excluding hydrogens is 568 g/mol. The van der Waals surface area contributed by atoms with Crippen molar-refractivity contribution in [3.63, 3.8) is 0 Å². The molecule has 1 heterocycles. The monoisotopic (exact) mass is 590 g/mol. The smallest absolute Gasteiger partial charge is 0.161 e. The number of hydrogen-bond acceptors (Lipinski definition) is 3. The third-order valence-corrected chi connectivity index (χ3v) is 7.63. The Hall–Kier alpha value is -2.96. The second-order valence-electron chi connectivity index (χ2n) is 8.91. The van der Waals surface area contributed by atoms with Gasteiger partial charge in [-0.3, -0.25) is 15.1 Å². The molecular formula is C29H24Br2N2O2. The molecule has 0 aromatic heterocycles. The number of benzene rings is 3. The van der Waals surface area contributed by atoms with Gasteiger partial charge in [0.2, 0.25) is 0 Å². The second kappa shape index (κ2) is 9.59. The molecule has 4 nitrogen and oxygen atoms in total. The molecule has 6 heteroatoms. The molecule has 1 aliphatic carbocycles. The summed E-state index contributed by atoms with van der Waals surface area (Å²) in [6, 6.07) is 23.1. The van der Waals surface area contributed by atoms with E-state index >= 15 is 0 Å². The number of ketones is 1. The number of nitrogens with one attached hydrogen (secondary N) is 1. The van der Waals surface area contributed by atoms with Crippen molar-refractivity contribution in [1.29, 1.82) is 5.41 Å². The lowest BCUT2D eigenvalue weighted by atomic mass is 9.73.